The summed E-state index contributed by atoms with van der Waals surface area (Å²) in [5.41, 5.74) is 1.13. The maximum absolute atomic E-state index is 10.7. The Bertz CT molecular complexity index is 439. The highest BCUT2D eigenvalue weighted by Crippen LogP contribution is 2.28. The third-order valence-electron chi connectivity index (χ3n) is 2.14. The molecule has 1 aromatic rings. The molecule has 5 heteroatoms. The van der Waals surface area contributed by atoms with Crippen molar-refractivity contribution in [3.05, 3.63) is 33.8 Å². The van der Waals surface area contributed by atoms with Crippen molar-refractivity contribution in [3.63, 3.8) is 0 Å². The van der Waals surface area contributed by atoms with Gasteiger partial charge in [-0.25, -0.2) is 4.79 Å². The number of hydrogen-bond donors (Lipinski definition) is 2. The number of aliphatic hydroxyl groups is 1. The maximum atomic E-state index is 10.7. The molecular formula is C11H10BrNO3. The van der Waals surface area contributed by atoms with Crippen LogP contribution in [0.4, 0.5) is 0 Å². The Hall–Kier alpha value is -1.38. The van der Waals surface area contributed by atoms with E-state index >= 15 is 0 Å². The van der Waals surface area contributed by atoms with Crippen LogP contribution in [-0.4, -0.2) is 16.2 Å². The monoisotopic (exact) mass is 283 g/mol. The lowest BCUT2D eigenvalue weighted by Gasteiger charge is -2.11. The first kappa shape index (κ1) is 12.7. The molecule has 0 aliphatic rings. The number of halogens is 1. The van der Waals surface area contributed by atoms with Gasteiger partial charge in [-0.15, -0.1) is 0 Å². The molecule has 1 rings (SSSR count). The second-order valence-corrected chi connectivity index (χ2v) is 4.01. The molecule has 0 saturated carbocycles. The van der Waals surface area contributed by atoms with Crippen LogP contribution in [0.2, 0.25) is 0 Å². The van der Waals surface area contributed by atoms with Crippen LogP contribution in [0.25, 0.3) is 0 Å². The Morgan fingerprint density at radius 1 is 1.56 bits per heavy atom. The lowest BCUT2D eigenvalue weighted by Crippen LogP contribution is -2.11. The van der Waals surface area contributed by atoms with E-state index < -0.39 is 12.1 Å². The van der Waals surface area contributed by atoms with Crippen molar-refractivity contribution in [1.29, 1.82) is 5.26 Å². The molecule has 0 fully saturated rings. The number of nitriles is 1. The van der Waals surface area contributed by atoms with Gasteiger partial charge in [-0.3, -0.25) is 0 Å². The third-order valence-corrected chi connectivity index (χ3v) is 3.11. The predicted molar refractivity (Wildman–Crippen MR) is 60.7 cm³/mol. The number of carboxylic acid groups (broad SMARTS) is 1. The van der Waals surface area contributed by atoms with Gasteiger partial charge in [-0.1, -0.05) is 34.1 Å². The molecule has 0 bridgehead atoms. The highest BCUT2D eigenvalue weighted by atomic mass is 79.9. The van der Waals surface area contributed by atoms with Crippen LogP contribution < -0.4 is 0 Å². The number of aryl methyl sites for hydroxylation is 1. The summed E-state index contributed by atoms with van der Waals surface area (Å²) in [6.45, 7) is 0. The number of carboxylic acids is 1. The second kappa shape index (κ2) is 5.64. The molecule has 1 unspecified atom stereocenters. The smallest absolute Gasteiger partial charge is 0.337 e. The van der Waals surface area contributed by atoms with Crippen molar-refractivity contribution in [2.45, 2.75) is 18.9 Å². The van der Waals surface area contributed by atoms with E-state index in [1.165, 1.54) is 0 Å². The van der Waals surface area contributed by atoms with Crippen molar-refractivity contribution >= 4 is 21.9 Å². The normalized spacial score (nSPS) is 11.8. The van der Waals surface area contributed by atoms with Gasteiger partial charge < -0.3 is 10.2 Å². The van der Waals surface area contributed by atoms with Crippen LogP contribution >= 0.6 is 15.9 Å². The first-order valence-electron chi connectivity index (χ1n) is 4.63. The Morgan fingerprint density at radius 2 is 2.25 bits per heavy atom. The van der Waals surface area contributed by atoms with Gasteiger partial charge in [-0.05, 0) is 12.0 Å². The van der Waals surface area contributed by atoms with Crippen LogP contribution in [-0.2, 0) is 11.2 Å². The summed E-state index contributed by atoms with van der Waals surface area (Å²) in [4.78, 5) is 10.7. The number of hydrogen-bond acceptors (Lipinski definition) is 3. The van der Waals surface area contributed by atoms with Crippen LogP contribution in [0.1, 0.15) is 23.7 Å². The molecule has 0 saturated heterocycles. The molecule has 0 aliphatic heterocycles. The number of nitrogens with zero attached hydrogens (tertiary/aromatic N) is 1. The first-order valence-corrected chi connectivity index (χ1v) is 5.42. The van der Waals surface area contributed by atoms with Crippen molar-refractivity contribution in [3.8, 4) is 6.07 Å². The fraction of sp³-hybridized carbons (Fsp3) is 0.273. The van der Waals surface area contributed by atoms with Crippen molar-refractivity contribution in [2.24, 2.45) is 0 Å². The van der Waals surface area contributed by atoms with Gasteiger partial charge >= 0.3 is 5.97 Å². The van der Waals surface area contributed by atoms with Gasteiger partial charge in [0, 0.05) is 16.5 Å². The van der Waals surface area contributed by atoms with Crippen LogP contribution in [0.15, 0.2) is 22.7 Å². The van der Waals surface area contributed by atoms with E-state index in [9.17, 15) is 9.90 Å². The number of rotatable bonds is 4. The average molecular weight is 284 g/mol. The molecule has 1 atom stereocenters. The largest absolute Gasteiger partial charge is 0.479 e. The lowest BCUT2D eigenvalue weighted by atomic mass is 10.0. The SMILES string of the molecule is N#CCCc1cccc(C(O)C(=O)O)c1Br. The average Bonchev–Trinajstić information content (AvgIpc) is 2.26. The molecule has 0 radical (unpaired) electrons. The van der Waals surface area contributed by atoms with E-state index in [2.05, 4.69) is 15.9 Å². The van der Waals surface area contributed by atoms with Crippen LogP contribution in [0.5, 0.6) is 0 Å². The molecule has 4 nitrogen and oxygen atoms in total. The molecule has 2 N–H and O–H groups in total. The number of carbonyl (C=O) groups is 1. The van der Waals surface area contributed by atoms with E-state index in [1.54, 1.807) is 18.2 Å². The molecule has 0 aromatic heterocycles. The fourth-order valence-electron chi connectivity index (χ4n) is 1.33. The molecular weight excluding hydrogens is 274 g/mol. The summed E-state index contributed by atoms with van der Waals surface area (Å²) in [7, 11) is 0. The Labute approximate surface area is 101 Å². The molecule has 84 valence electrons. The first-order chi connectivity index (χ1) is 7.57. The highest BCUT2D eigenvalue weighted by molar-refractivity contribution is 9.10. The molecule has 0 heterocycles. The van der Waals surface area contributed by atoms with E-state index in [0.717, 1.165) is 5.56 Å². The summed E-state index contributed by atoms with van der Waals surface area (Å²) >= 11 is 3.25. The Balaban J connectivity index is 3.04. The summed E-state index contributed by atoms with van der Waals surface area (Å²) in [5.74, 6) is -1.29. The van der Waals surface area contributed by atoms with E-state index in [-0.39, 0.29) is 0 Å². The summed E-state index contributed by atoms with van der Waals surface area (Å²) in [6, 6.07) is 7.01. The summed E-state index contributed by atoms with van der Waals surface area (Å²) in [6.07, 6.45) is -0.668. The van der Waals surface area contributed by atoms with Crippen LogP contribution in [0, 0.1) is 11.3 Å². The van der Waals surface area contributed by atoms with Gasteiger partial charge in [-0.2, -0.15) is 5.26 Å². The second-order valence-electron chi connectivity index (χ2n) is 3.22. The molecule has 0 aliphatic carbocycles. The van der Waals surface area contributed by atoms with Gasteiger partial charge in [0.25, 0.3) is 0 Å². The van der Waals surface area contributed by atoms with Gasteiger partial charge in [0.15, 0.2) is 6.10 Å². The minimum Gasteiger partial charge on any atom is -0.479 e. The molecule has 16 heavy (non-hydrogen) atoms. The Morgan fingerprint density at radius 3 is 2.81 bits per heavy atom. The molecule has 1 aromatic carbocycles. The topological polar surface area (TPSA) is 81.3 Å². The zero-order chi connectivity index (χ0) is 12.1. The van der Waals surface area contributed by atoms with E-state index in [0.29, 0.717) is 22.9 Å². The third kappa shape index (κ3) is 2.81. The standard InChI is InChI=1S/C11H10BrNO3/c12-9-7(4-2-6-13)3-1-5-8(9)10(14)11(15)16/h1,3,5,10,14H,2,4H2,(H,15,16). The van der Waals surface area contributed by atoms with Crippen molar-refractivity contribution < 1.29 is 15.0 Å². The number of benzene rings is 1. The maximum Gasteiger partial charge on any atom is 0.337 e. The summed E-state index contributed by atoms with van der Waals surface area (Å²) < 4.78 is 0.556. The fourth-order valence-corrected chi connectivity index (χ4v) is 2.01. The quantitative estimate of drug-likeness (QED) is 0.886. The van der Waals surface area contributed by atoms with Gasteiger partial charge in [0.1, 0.15) is 0 Å². The zero-order valence-electron chi connectivity index (χ0n) is 8.35. The number of aliphatic carboxylic acids is 1. The highest BCUT2D eigenvalue weighted by Gasteiger charge is 2.19. The Kier molecular flexibility index (Phi) is 4.47. The summed E-state index contributed by atoms with van der Waals surface area (Å²) in [5, 5.41) is 26.6. The number of aliphatic hydroxyl groups excluding tert-OH is 1. The predicted octanol–water partition coefficient (Wildman–Crippen LogP) is 2.02. The minimum absolute atomic E-state index is 0.308. The minimum atomic E-state index is -1.54. The van der Waals surface area contributed by atoms with Crippen molar-refractivity contribution in [1.82, 2.24) is 0 Å². The lowest BCUT2D eigenvalue weighted by molar-refractivity contribution is -0.147. The van der Waals surface area contributed by atoms with Crippen molar-refractivity contribution in [2.75, 3.05) is 0 Å². The van der Waals surface area contributed by atoms with Gasteiger partial charge in [0.05, 0.1) is 6.07 Å². The molecule has 0 spiro atoms. The molecule has 0 amide bonds. The van der Waals surface area contributed by atoms with E-state index in [1.807, 2.05) is 6.07 Å². The van der Waals surface area contributed by atoms with Gasteiger partial charge in [0.2, 0.25) is 0 Å². The van der Waals surface area contributed by atoms with Crippen LogP contribution in [0.3, 0.4) is 0 Å². The van der Waals surface area contributed by atoms with E-state index in [4.69, 9.17) is 10.4 Å². The zero-order valence-corrected chi connectivity index (χ0v) is 9.94.